The van der Waals surface area contributed by atoms with E-state index in [0.29, 0.717) is 11.3 Å². The van der Waals surface area contributed by atoms with Crippen LogP contribution in [0.5, 0.6) is 0 Å². The molecule has 3 rings (SSSR count). The number of sulfonamides is 1. The molecule has 1 aromatic heterocycles. The molecule has 1 amide bonds. The number of nitrogens with zero attached hydrogens (tertiary/aromatic N) is 1. The van der Waals surface area contributed by atoms with E-state index < -0.39 is 21.7 Å². The molecule has 0 radical (unpaired) electrons. The molecule has 3 aromatic rings. The number of rotatable bonds is 5. The first kappa shape index (κ1) is 18.9. The van der Waals surface area contributed by atoms with Gasteiger partial charge < -0.3 is 9.84 Å². The van der Waals surface area contributed by atoms with E-state index in [1.54, 1.807) is 18.2 Å². The van der Waals surface area contributed by atoms with Gasteiger partial charge in [0.15, 0.2) is 11.5 Å². The van der Waals surface area contributed by atoms with Crippen molar-refractivity contribution in [2.24, 2.45) is 0 Å². The van der Waals surface area contributed by atoms with E-state index in [1.165, 1.54) is 24.3 Å². The number of hydrogen-bond acceptors (Lipinski definition) is 5. The van der Waals surface area contributed by atoms with Crippen molar-refractivity contribution in [3.63, 3.8) is 0 Å². The molecule has 2 N–H and O–H groups in total. The van der Waals surface area contributed by atoms with E-state index in [-0.39, 0.29) is 22.2 Å². The van der Waals surface area contributed by atoms with Crippen LogP contribution in [0.2, 0.25) is 5.02 Å². The number of carbonyl (C=O) groups excluding carboxylic acids is 1. The van der Waals surface area contributed by atoms with Gasteiger partial charge in [0.05, 0.1) is 11.9 Å². The number of anilines is 2. The van der Waals surface area contributed by atoms with Gasteiger partial charge in [-0.3, -0.25) is 9.52 Å². The van der Waals surface area contributed by atoms with Gasteiger partial charge in [0, 0.05) is 22.3 Å². The van der Waals surface area contributed by atoms with Gasteiger partial charge in [-0.05, 0) is 30.3 Å². The van der Waals surface area contributed by atoms with Crippen molar-refractivity contribution in [3.05, 3.63) is 65.1 Å². The van der Waals surface area contributed by atoms with Crippen molar-refractivity contribution in [2.45, 2.75) is 0 Å². The van der Waals surface area contributed by atoms with Crippen LogP contribution in [0.3, 0.4) is 0 Å². The number of hydrogen-bond donors (Lipinski definition) is 2. The molecule has 0 aliphatic heterocycles. The normalized spacial score (nSPS) is 11.2. The predicted molar refractivity (Wildman–Crippen MR) is 99.8 cm³/mol. The van der Waals surface area contributed by atoms with Crippen LogP contribution in [0.1, 0.15) is 10.5 Å². The number of benzene rings is 2. The predicted octanol–water partition coefficient (Wildman–Crippen LogP) is 3.76. The molecule has 0 spiro atoms. The van der Waals surface area contributed by atoms with E-state index in [2.05, 4.69) is 15.2 Å². The van der Waals surface area contributed by atoms with Crippen molar-refractivity contribution in [1.29, 1.82) is 0 Å². The first-order valence-electron chi connectivity index (χ1n) is 7.52. The SMILES string of the molecule is CS(=O)(=O)Nc1cccc(-c2cc(C(=O)Nc3cc(Cl)ccc3F)no2)c1. The van der Waals surface area contributed by atoms with E-state index in [0.717, 1.165) is 12.3 Å². The summed E-state index contributed by atoms with van der Waals surface area (Å²) in [6, 6.07) is 11.5. The Kier molecular flexibility index (Phi) is 5.15. The maximum absolute atomic E-state index is 13.7. The lowest BCUT2D eigenvalue weighted by molar-refractivity contribution is 0.101. The third-order valence-corrected chi connectivity index (χ3v) is 4.21. The average molecular weight is 410 g/mol. The lowest BCUT2D eigenvalue weighted by atomic mass is 10.1. The van der Waals surface area contributed by atoms with Gasteiger partial charge in [-0.25, -0.2) is 12.8 Å². The standard InChI is InChI=1S/C17H13ClFN3O4S/c1-27(24,25)22-12-4-2-3-10(7-12)16-9-15(21-26-16)17(23)20-14-8-11(18)5-6-13(14)19/h2-9,22H,1H3,(H,20,23). The van der Waals surface area contributed by atoms with Gasteiger partial charge >= 0.3 is 0 Å². The number of halogens is 2. The first-order chi connectivity index (χ1) is 12.7. The minimum Gasteiger partial charge on any atom is -0.355 e. The number of amides is 1. The Balaban J connectivity index is 1.81. The maximum atomic E-state index is 13.7. The Labute approximate surface area is 159 Å². The molecule has 27 heavy (non-hydrogen) atoms. The Morgan fingerprint density at radius 1 is 1.19 bits per heavy atom. The third kappa shape index (κ3) is 4.83. The lowest BCUT2D eigenvalue weighted by Gasteiger charge is -2.05. The number of carbonyl (C=O) groups is 1. The monoisotopic (exact) mass is 409 g/mol. The topological polar surface area (TPSA) is 101 Å². The highest BCUT2D eigenvalue weighted by atomic mass is 35.5. The summed E-state index contributed by atoms with van der Waals surface area (Å²) in [4.78, 5) is 12.2. The van der Waals surface area contributed by atoms with E-state index in [9.17, 15) is 17.6 Å². The zero-order valence-corrected chi connectivity index (χ0v) is 15.4. The van der Waals surface area contributed by atoms with Crippen LogP contribution in [0.15, 0.2) is 53.1 Å². The van der Waals surface area contributed by atoms with Crippen molar-refractivity contribution in [3.8, 4) is 11.3 Å². The summed E-state index contributed by atoms with van der Waals surface area (Å²) < 4.78 is 43.9. The van der Waals surface area contributed by atoms with Crippen LogP contribution in [0, 0.1) is 5.82 Å². The molecule has 7 nitrogen and oxygen atoms in total. The Morgan fingerprint density at radius 2 is 1.96 bits per heavy atom. The summed E-state index contributed by atoms with van der Waals surface area (Å²) in [5, 5.41) is 6.29. The van der Waals surface area contributed by atoms with E-state index in [1.807, 2.05) is 0 Å². The number of nitrogens with one attached hydrogen (secondary N) is 2. The molecule has 2 aromatic carbocycles. The molecular formula is C17H13ClFN3O4S. The zero-order chi connectivity index (χ0) is 19.6. The van der Waals surface area contributed by atoms with Gasteiger partial charge in [0.1, 0.15) is 5.82 Å². The maximum Gasteiger partial charge on any atom is 0.277 e. The summed E-state index contributed by atoms with van der Waals surface area (Å²) in [5.74, 6) is -1.09. The van der Waals surface area contributed by atoms with Gasteiger partial charge in [-0.2, -0.15) is 0 Å². The fourth-order valence-corrected chi connectivity index (χ4v) is 2.98. The molecule has 0 aliphatic carbocycles. The molecule has 0 bridgehead atoms. The molecule has 140 valence electrons. The average Bonchev–Trinajstić information content (AvgIpc) is 3.07. The second-order valence-electron chi connectivity index (χ2n) is 5.61. The second-order valence-corrected chi connectivity index (χ2v) is 7.79. The van der Waals surface area contributed by atoms with Crippen molar-refractivity contribution in [2.75, 3.05) is 16.3 Å². The lowest BCUT2D eigenvalue weighted by Crippen LogP contribution is -2.13. The molecule has 0 unspecified atom stereocenters. The second kappa shape index (κ2) is 7.37. The zero-order valence-electron chi connectivity index (χ0n) is 13.9. The molecule has 0 saturated heterocycles. The summed E-state index contributed by atoms with van der Waals surface area (Å²) in [5.41, 5.74) is 0.671. The summed E-state index contributed by atoms with van der Waals surface area (Å²) in [6.07, 6.45) is 1.03. The minimum absolute atomic E-state index is 0.0779. The van der Waals surface area contributed by atoms with Crippen molar-refractivity contribution < 1.29 is 22.1 Å². The molecule has 0 atom stereocenters. The molecule has 1 heterocycles. The van der Waals surface area contributed by atoms with E-state index in [4.69, 9.17) is 16.1 Å². The highest BCUT2D eigenvalue weighted by molar-refractivity contribution is 7.92. The quantitative estimate of drug-likeness (QED) is 0.668. The van der Waals surface area contributed by atoms with Gasteiger partial charge in [-0.1, -0.05) is 28.9 Å². The van der Waals surface area contributed by atoms with Crippen LogP contribution in [-0.2, 0) is 10.0 Å². The largest absolute Gasteiger partial charge is 0.355 e. The minimum atomic E-state index is -3.43. The first-order valence-corrected chi connectivity index (χ1v) is 9.79. The summed E-state index contributed by atoms with van der Waals surface area (Å²) in [7, 11) is -3.43. The molecule has 10 heteroatoms. The number of aromatic nitrogens is 1. The van der Waals surface area contributed by atoms with Crippen molar-refractivity contribution >= 4 is 38.9 Å². The molecule has 0 fully saturated rings. The molecular weight excluding hydrogens is 397 g/mol. The van der Waals surface area contributed by atoms with Crippen LogP contribution in [0.4, 0.5) is 15.8 Å². The van der Waals surface area contributed by atoms with Gasteiger partial charge in [-0.15, -0.1) is 0 Å². The highest BCUT2D eigenvalue weighted by Crippen LogP contribution is 2.25. The van der Waals surface area contributed by atoms with E-state index >= 15 is 0 Å². The summed E-state index contributed by atoms with van der Waals surface area (Å²) in [6.45, 7) is 0. The fourth-order valence-electron chi connectivity index (χ4n) is 2.25. The van der Waals surface area contributed by atoms with Crippen molar-refractivity contribution in [1.82, 2.24) is 5.16 Å². The van der Waals surface area contributed by atoms with Crippen LogP contribution in [0.25, 0.3) is 11.3 Å². The highest BCUT2D eigenvalue weighted by Gasteiger charge is 2.16. The van der Waals surface area contributed by atoms with Gasteiger partial charge in [0.25, 0.3) is 5.91 Å². The molecule has 0 aliphatic rings. The van der Waals surface area contributed by atoms with Gasteiger partial charge in [0.2, 0.25) is 10.0 Å². The third-order valence-electron chi connectivity index (χ3n) is 3.37. The Morgan fingerprint density at radius 3 is 2.70 bits per heavy atom. The van der Waals surface area contributed by atoms with Crippen LogP contribution < -0.4 is 10.0 Å². The fraction of sp³-hybridized carbons (Fsp3) is 0.0588. The Hall–Kier alpha value is -2.91. The van der Waals surface area contributed by atoms with Crippen LogP contribution >= 0.6 is 11.6 Å². The van der Waals surface area contributed by atoms with Crippen LogP contribution in [-0.4, -0.2) is 25.7 Å². The Bertz CT molecular complexity index is 1110. The summed E-state index contributed by atoms with van der Waals surface area (Å²) >= 11 is 5.79. The smallest absolute Gasteiger partial charge is 0.277 e. The molecule has 0 saturated carbocycles.